The van der Waals surface area contributed by atoms with Gasteiger partial charge < -0.3 is 4.74 Å². The van der Waals surface area contributed by atoms with Crippen LogP contribution in [0, 0.1) is 0 Å². The van der Waals surface area contributed by atoms with E-state index in [0.717, 1.165) is 35.8 Å². The molecule has 1 N–H and O–H groups in total. The highest BCUT2D eigenvalue weighted by Gasteiger charge is 2.19. The Kier molecular flexibility index (Phi) is 6.04. The summed E-state index contributed by atoms with van der Waals surface area (Å²) < 4.78 is 5.44. The number of carbonyl (C=O) groups excluding carboxylic acids is 1. The van der Waals surface area contributed by atoms with E-state index in [-0.39, 0.29) is 5.91 Å². The summed E-state index contributed by atoms with van der Waals surface area (Å²) in [6, 6.07) is 11.9. The lowest BCUT2D eigenvalue weighted by molar-refractivity contribution is 0.102. The predicted octanol–water partition coefficient (Wildman–Crippen LogP) is 5.12. The van der Waals surface area contributed by atoms with Gasteiger partial charge in [-0.15, -0.1) is 22.7 Å². The molecule has 1 amide bonds. The number of hydrogen-bond acceptors (Lipinski definition) is 6. The van der Waals surface area contributed by atoms with Crippen LogP contribution >= 0.6 is 22.7 Å². The molecule has 7 heteroatoms. The van der Waals surface area contributed by atoms with Crippen molar-refractivity contribution in [2.75, 3.05) is 25.5 Å². The Balaban J connectivity index is 1.45. The van der Waals surface area contributed by atoms with Crippen molar-refractivity contribution in [1.82, 2.24) is 9.88 Å². The van der Waals surface area contributed by atoms with Crippen molar-refractivity contribution >= 4 is 33.7 Å². The molecule has 28 heavy (non-hydrogen) atoms. The van der Waals surface area contributed by atoms with Crippen molar-refractivity contribution in [3.63, 3.8) is 0 Å². The molecule has 3 aromatic rings. The Hall–Kier alpha value is -2.22. The highest BCUT2D eigenvalue weighted by molar-refractivity contribution is 7.18. The maximum absolute atomic E-state index is 12.8. The number of nitrogens with zero attached hydrogens (tertiary/aromatic N) is 2. The first-order valence-electron chi connectivity index (χ1n) is 9.44. The summed E-state index contributed by atoms with van der Waals surface area (Å²) in [5, 5.41) is 5.60. The number of thiophene rings is 1. The van der Waals surface area contributed by atoms with Crippen LogP contribution in [0.3, 0.4) is 0 Å². The van der Waals surface area contributed by atoms with Crippen LogP contribution in [0.25, 0.3) is 10.4 Å². The summed E-state index contributed by atoms with van der Waals surface area (Å²) in [6.45, 7) is 3.12. The molecule has 0 spiro atoms. The van der Waals surface area contributed by atoms with Gasteiger partial charge in [0.15, 0.2) is 5.13 Å². The highest BCUT2D eigenvalue weighted by atomic mass is 32.1. The third-order valence-corrected chi connectivity index (χ3v) is 6.76. The van der Waals surface area contributed by atoms with E-state index in [4.69, 9.17) is 4.74 Å². The van der Waals surface area contributed by atoms with Crippen molar-refractivity contribution in [3.8, 4) is 16.2 Å². The van der Waals surface area contributed by atoms with Crippen LogP contribution < -0.4 is 10.1 Å². The Labute approximate surface area is 173 Å². The molecule has 1 saturated heterocycles. The fraction of sp³-hybridized carbons (Fsp3) is 0.333. The van der Waals surface area contributed by atoms with E-state index in [0.29, 0.717) is 15.8 Å². The summed E-state index contributed by atoms with van der Waals surface area (Å²) in [5.41, 5.74) is 2.09. The van der Waals surface area contributed by atoms with E-state index in [9.17, 15) is 4.79 Å². The molecule has 1 aromatic carbocycles. The van der Waals surface area contributed by atoms with Crippen molar-refractivity contribution < 1.29 is 9.53 Å². The number of carbonyl (C=O) groups is 1. The largest absolute Gasteiger partial charge is 0.495 e. The molecule has 0 saturated carbocycles. The van der Waals surface area contributed by atoms with Crippen LogP contribution in [0.5, 0.6) is 5.75 Å². The number of benzene rings is 1. The van der Waals surface area contributed by atoms with Crippen molar-refractivity contribution in [2.24, 2.45) is 0 Å². The second kappa shape index (κ2) is 8.86. The van der Waals surface area contributed by atoms with Gasteiger partial charge in [0.2, 0.25) is 0 Å². The minimum atomic E-state index is -0.178. The van der Waals surface area contributed by atoms with Gasteiger partial charge in [0.25, 0.3) is 5.91 Å². The second-order valence-electron chi connectivity index (χ2n) is 6.81. The van der Waals surface area contributed by atoms with Crippen LogP contribution in [0.4, 0.5) is 5.13 Å². The maximum atomic E-state index is 12.8. The first kappa shape index (κ1) is 19.1. The van der Waals surface area contributed by atoms with Crippen LogP contribution in [-0.4, -0.2) is 36.0 Å². The van der Waals surface area contributed by atoms with Crippen LogP contribution in [-0.2, 0) is 6.54 Å². The Morgan fingerprint density at radius 1 is 1.21 bits per heavy atom. The summed E-state index contributed by atoms with van der Waals surface area (Å²) in [7, 11) is 1.59. The fourth-order valence-corrected chi connectivity index (χ4v) is 5.09. The van der Waals surface area contributed by atoms with Gasteiger partial charge in [0, 0.05) is 16.8 Å². The number of rotatable bonds is 6. The van der Waals surface area contributed by atoms with Crippen molar-refractivity contribution in [1.29, 1.82) is 0 Å². The van der Waals surface area contributed by atoms with E-state index in [2.05, 4.69) is 15.2 Å². The van der Waals surface area contributed by atoms with Crippen molar-refractivity contribution in [2.45, 2.75) is 25.8 Å². The predicted molar refractivity (Wildman–Crippen MR) is 116 cm³/mol. The molecule has 0 unspecified atom stereocenters. The summed E-state index contributed by atoms with van der Waals surface area (Å²) in [5.74, 6) is 0.411. The number of likely N-dealkylation sites (tertiary alicyclic amines) is 1. The minimum Gasteiger partial charge on any atom is -0.495 e. The zero-order chi connectivity index (χ0) is 19.3. The Morgan fingerprint density at radius 2 is 2.00 bits per heavy atom. The second-order valence-corrected chi connectivity index (χ2v) is 8.72. The number of thiazole rings is 1. The molecule has 0 aliphatic carbocycles. The molecule has 3 heterocycles. The molecular formula is C21H23N3O2S2. The number of piperidine rings is 1. The summed E-state index contributed by atoms with van der Waals surface area (Å²) >= 11 is 2.90. The molecule has 146 valence electrons. The van der Waals surface area contributed by atoms with Crippen molar-refractivity contribution in [3.05, 3.63) is 52.3 Å². The number of methoxy groups -OCH3 is 1. The molecule has 0 radical (unpaired) electrons. The van der Waals surface area contributed by atoms with Gasteiger partial charge in [-0.25, -0.2) is 4.98 Å². The Bertz CT molecular complexity index is 930. The number of aromatic nitrogens is 1. The highest BCUT2D eigenvalue weighted by Crippen LogP contribution is 2.36. The fourth-order valence-electron chi connectivity index (χ4n) is 3.37. The standard InChI is InChI=1S/C21H23N3O2S2/c1-26-17-12-18(15-8-4-2-5-9-15)28-19(17)20(25)23-21-22-16(14-27-21)13-24-10-6-3-7-11-24/h2,4-5,8-9,12,14H,3,6-7,10-11,13H2,1H3,(H,22,23,25). The number of nitrogens with one attached hydrogen (secondary N) is 1. The van der Waals surface area contributed by atoms with Gasteiger partial charge in [-0.05, 0) is 37.6 Å². The van der Waals surface area contributed by atoms with E-state index in [1.165, 1.54) is 41.9 Å². The molecule has 1 fully saturated rings. The van der Waals surface area contributed by atoms with Crippen LogP contribution in [0.15, 0.2) is 41.8 Å². The topological polar surface area (TPSA) is 54.5 Å². The third kappa shape index (κ3) is 4.43. The van der Waals surface area contributed by atoms with Gasteiger partial charge in [0.1, 0.15) is 10.6 Å². The van der Waals surface area contributed by atoms with Gasteiger partial charge in [-0.3, -0.25) is 15.0 Å². The first-order chi connectivity index (χ1) is 13.7. The quantitative estimate of drug-likeness (QED) is 0.609. The summed E-state index contributed by atoms with van der Waals surface area (Å²) in [6.07, 6.45) is 3.84. The molecule has 1 aliphatic heterocycles. The number of ether oxygens (including phenoxy) is 1. The van der Waals surface area contributed by atoms with Gasteiger partial charge in [0.05, 0.1) is 12.8 Å². The number of hydrogen-bond donors (Lipinski definition) is 1. The molecule has 0 atom stereocenters. The van der Waals surface area contributed by atoms with E-state index in [1.807, 2.05) is 41.8 Å². The van der Waals surface area contributed by atoms with E-state index < -0.39 is 0 Å². The lowest BCUT2D eigenvalue weighted by atomic mass is 10.1. The zero-order valence-electron chi connectivity index (χ0n) is 15.8. The SMILES string of the molecule is COc1cc(-c2ccccc2)sc1C(=O)Nc1nc(CN2CCCCC2)cs1. The molecule has 4 rings (SSSR count). The van der Waals surface area contributed by atoms with Crippen LogP contribution in [0.2, 0.25) is 0 Å². The smallest absolute Gasteiger partial charge is 0.271 e. The lowest BCUT2D eigenvalue weighted by Crippen LogP contribution is -2.29. The monoisotopic (exact) mass is 413 g/mol. The molecule has 1 aliphatic rings. The molecule has 5 nitrogen and oxygen atoms in total. The van der Waals surface area contributed by atoms with Gasteiger partial charge >= 0.3 is 0 Å². The minimum absolute atomic E-state index is 0.178. The van der Waals surface area contributed by atoms with Crippen LogP contribution in [0.1, 0.15) is 34.6 Å². The maximum Gasteiger partial charge on any atom is 0.271 e. The average Bonchev–Trinajstić information content (AvgIpc) is 3.36. The molecule has 2 aromatic heterocycles. The average molecular weight is 414 g/mol. The number of anilines is 1. The third-order valence-electron chi connectivity index (χ3n) is 4.79. The van der Waals surface area contributed by atoms with Gasteiger partial charge in [-0.1, -0.05) is 36.8 Å². The molecule has 0 bridgehead atoms. The zero-order valence-corrected chi connectivity index (χ0v) is 17.4. The lowest BCUT2D eigenvalue weighted by Gasteiger charge is -2.25. The van der Waals surface area contributed by atoms with Gasteiger partial charge in [-0.2, -0.15) is 0 Å². The van der Waals surface area contributed by atoms with E-state index in [1.54, 1.807) is 7.11 Å². The number of amides is 1. The summed E-state index contributed by atoms with van der Waals surface area (Å²) in [4.78, 5) is 21.4. The normalized spacial score (nSPS) is 14.8. The Morgan fingerprint density at radius 3 is 2.75 bits per heavy atom. The van der Waals surface area contributed by atoms with E-state index >= 15 is 0 Å². The molecular weight excluding hydrogens is 390 g/mol. The first-order valence-corrected chi connectivity index (χ1v) is 11.1.